The highest BCUT2D eigenvalue weighted by atomic mass is 16.5. The number of hydrogen-bond donors (Lipinski definition) is 1. The Morgan fingerprint density at radius 1 is 0.971 bits per heavy atom. The summed E-state index contributed by atoms with van der Waals surface area (Å²) in [5.41, 5.74) is 9.54. The number of hydrogen-bond acceptors (Lipinski definition) is 8. The van der Waals surface area contributed by atoms with E-state index >= 15 is 0 Å². The first-order valence-electron chi connectivity index (χ1n) is 11.9. The minimum absolute atomic E-state index is 0.690. The number of nitrogens with zero attached hydrogens (tertiary/aromatic N) is 7. The Hall–Kier alpha value is -3.98. The van der Waals surface area contributed by atoms with Gasteiger partial charge in [0.05, 0.1) is 32.0 Å². The molecule has 178 valence electrons. The van der Waals surface area contributed by atoms with Crippen molar-refractivity contribution in [2.45, 2.75) is 6.92 Å². The number of aryl methyl sites for hydroxylation is 2. The quantitative estimate of drug-likeness (QED) is 0.493. The molecule has 2 aliphatic heterocycles. The van der Waals surface area contributed by atoms with E-state index in [4.69, 9.17) is 19.7 Å². The number of morpholine rings is 1. The third kappa shape index (κ3) is 4.08. The highest BCUT2D eigenvalue weighted by Gasteiger charge is 2.24. The lowest BCUT2D eigenvalue weighted by atomic mass is 10.1. The summed E-state index contributed by atoms with van der Waals surface area (Å²) in [7, 11) is 2.01. The zero-order valence-corrected chi connectivity index (χ0v) is 20.0. The molecule has 4 aromatic rings. The summed E-state index contributed by atoms with van der Waals surface area (Å²) >= 11 is 0. The van der Waals surface area contributed by atoms with Crippen LogP contribution in [0.15, 0.2) is 59.9 Å². The summed E-state index contributed by atoms with van der Waals surface area (Å²) < 4.78 is 7.68. The molecule has 0 atom stereocenters. The third-order valence-electron chi connectivity index (χ3n) is 6.47. The van der Waals surface area contributed by atoms with Crippen LogP contribution in [0.3, 0.4) is 0 Å². The van der Waals surface area contributed by atoms with Gasteiger partial charge in [-0.1, -0.05) is 23.8 Å². The third-order valence-corrected chi connectivity index (χ3v) is 6.47. The van der Waals surface area contributed by atoms with Crippen molar-refractivity contribution in [2.75, 3.05) is 49.3 Å². The van der Waals surface area contributed by atoms with E-state index in [0.717, 1.165) is 65.1 Å². The maximum Gasteiger partial charge on any atom is 0.164 e. The molecule has 6 rings (SSSR count). The first kappa shape index (κ1) is 21.5. The van der Waals surface area contributed by atoms with Crippen LogP contribution in [0.2, 0.25) is 0 Å². The van der Waals surface area contributed by atoms with Crippen molar-refractivity contribution in [2.24, 2.45) is 12.0 Å². The number of ether oxygens (including phenoxy) is 1. The molecule has 0 radical (unpaired) electrons. The van der Waals surface area contributed by atoms with Crippen LogP contribution < -0.4 is 15.3 Å². The van der Waals surface area contributed by atoms with E-state index in [-0.39, 0.29) is 0 Å². The molecule has 1 N–H and O–H groups in total. The fourth-order valence-electron chi connectivity index (χ4n) is 4.66. The predicted octanol–water partition coefficient (Wildman–Crippen LogP) is 2.95. The van der Waals surface area contributed by atoms with Gasteiger partial charge in [-0.05, 0) is 25.1 Å². The summed E-state index contributed by atoms with van der Waals surface area (Å²) in [5, 5.41) is 2.09. The van der Waals surface area contributed by atoms with Crippen molar-refractivity contribution < 1.29 is 4.74 Å². The summed E-state index contributed by atoms with van der Waals surface area (Å²) in [5.74, 6) is 2.55. The van der Waals surface area contributed by atoms with Gasteiger partial charge < -0.3 is 14.2 Å². The summed E-state index contributed by atoms with van der Waals surface area (Å²) in [6.07, 6.45) is 3.62. The Bertz CT molecular complexity index is 1390. The predicted molar refractivity (Wildman–Crippen MR) is 138 cm³/mol. The number of anilines is 2. The Balaban J connectivity index is 1.44. The van der Waals surface area contributed by atoms with Crippen LogP contribution in [-0.2, 0) is 11.8 Å². The second kappa shape index (κ2) is 8.99. The molecule has 5 heterocycles. The normalized spacial score (nSPS) is 16.3. The molecule has 1 aromatic carbocycles. The number of aliphatic imine (C=N–C) groups is 1. The van der Waals surface area contributed by atoms with Gasteiger partial charge in [-0.25, -0.2) is 9.97 Å². The van der Waals surface area contributed by atoms with Crippen molar-refractivity contribution in [3.8, 4) is 11.4 Å². The van der Waals surface area contributed by atoms with Crippen molar-refractivity contribution in [3.63, 3.8) is 0 Å². The van der Waals surface area contributed by atoms with Gasteiger partial charge in [0.2, 0.25) is 0 Å². The Morgan fingerprint density at radius 2 is 1.83 bits per heavy atom. The van der Waals surface area contributed by atoms with Crippen molar-refractivity contribution in [3.05, 3.63) is 66.0 Å². The molecule has 9 nitrogen and oxygen atoms in total. The maximum absolute atomic E-state index is 5.62. The molecule has 2 aliphatic rings. The zero-order chi connectivity index (χ0) is 23.8. The van der Waals surface area contributed by atoms with E-state index in [0.29, 0.717) is 19.8 Å². The summed E-state index contributed by atoms with van der Waals surface area (Å²) in [6, 6.07) is 14.5. The molecule has 1 fully saturated rings. The van der Waals surface area contributed by atoms with E-state index in [1.807, 2.05) is 25.4 Å². The average molecular weight is 469 g/mol. The molecule has 35 heavy (non-hydrogen) atoms. The first-order chi connectivity index (χ1) is 17.2. The second-order valence-corrected chi connectivity index (χ2v) is 8.87. The lowest BCUT2D eigenvalue weighted by Crippen LogP contribution is -2.48. The molecule has 0 amide bonds. The largest absolute Gasteiger partial charge is 0.378 e. The Morgan fingerprint density at radius 3 is 2.63 bits per heavy atom. The molecule has 1 saturated heterocycles. The average Bonchev–Trinajstić information content (AvgIpc) is 3.25. The van der Waals surface area contributed by atoms with E-state index < -0.39 is 0 Å². The fourth-order valence-corrected chi connectivity index (χ4v) is 4.66. The van der Waals surface area contributed by atoms with E-state index in [1.54, 1.807) is 6.20 Å². The smallest absolute Gasteiger partial charge is 0.164 e. The van der Waals surface area contributed by atoms with Gasteiger partial charge in [0.1, 0.15) is 17.2 Å². The summed E-state index contributed by atoms with van der Waals surface area (Å²) in [6.45, 7) is 6.55. The second-order valence-electron chi connectivity index (χ2n) is 8.87. The number of benzene rings is 1. The minimum atomic E-state index is 0.690. The molecule has 0 aliphatic carbocycles. The van der Waals surface area contributed by atoms with Gasteiger partial charge in [-0.2, -0.15) is 0 Å². The number of fused-ring (bicyclic) bond motifs is 1. The molecule has 0 spiro atoms. The van der Waals surface area contributed by atoms with Crippen LogP contribution in [0.1, 0.15) is 11.1 Å². The number of nitrogens with one attached hydrogen (secondary N) is 1. The van der Waals surface area contributed by atoms with Crippen molar-refractivity contribution in [1.82, 2.24) is 24.9 Å². The fraction of sp³-hybridized carbons (Fsp3) is 0.308. The molecule has 9 heteroatoms. The summed E-state index contributed by atoms with van der Waals surface area (Å²) in [4.78, 5) is 21.5. The molecule has 0 saturated carbocycles. The molecule has 0 unspecified atom stereocenters. The number of hydrazine groups is 1. The number of aromatic nitrogens is 4. The van der Waals surface area contributed by atoms with Gasteiger partial charge in [0.25, 0.3) is 0 Å². The molecule has 0 bridgehead atoms. The number of amidine groups is 1. The van der Waals surface area contributed by atoms with Gasteiger partial charge in [-0.3, -0.25) is 20.4 Å². The maximum atomic E-state index is 5.62. The van der Waals surface area contributed by atoms with Crippen LogP contribution in [-0.4, -0.2) is 64.7 Å². The minimum Gasteiger partial charge on any atom is -0.378 e. The standard InChI is InChI=1S/C26H28N8O/c1-18-5-3-6-19(15-18)24-28-9-10-34(31-24)22-16-21(33-11-13-35-14-12-33)23-26(29-22)32(2)25(30-23)20-7-4-8-27-17-20/h3-8,15-17H,9-14H2,1-2H3,(H,28,31). The lowest BCUT2D eigenvalue weighted by Gasteiger charge is -2.32. The van der Waals surface area contributed by atoms with E-state index in [2.05, 4.69) is 62.1 Å². The highest BCUT2D eigenvalue weighted by Crippen LogP contribution is 2.33. The van der Waals surface area contributed by atoms with E-state index in [9.17, 15) is 0 Å². The molecular weight excluding hydrogens is 440 g/mol. The van der Waals surface area contributed by atoms with Crippen LogP contribution in [0.4, 0.5) is 11.5 Å². The topological polar surface area (TPSA) is 83.7 Å². The number of pyridine rings is 2. The van der Waals surface area contributed by atoms with E-state index in [1.165, 1.54) is 5.56 Å². The molecule has 3 aromatic heterocycles. The lowest BCUT2D eigenvalue weighted by molar-refractivity contribution is 0.123. The zero-order valence-electron chi connectivity index (χ0n) is 20.0. The van der Waals surface area contributed by atoms with Gasteiger partial charge in [-0.15, -0.1) is 0 Å². The van der Waals surface area contributed by atoms with Crippen LogP contribution in [0.25, 0.3) is 22.6 Å². The Kier molecular flexibility index (Phi) is 5.54. The number of imidazole rings is 1. The van der Waals surface area contributed by atoms with Crippen molar-refractivity contribution >= 4 is 28.5 Å². The van der Waals surface area contributed by atoms with Crippen LogP contribution in [0, 0.1) is 6.92 Å². The van der Waals surface area contributed by atoms with Crippen molar-refractivity contribution in [1.29, 1.82) is 0 Å². The van der Waals surface area contributed by atoms with Gasteiger partial charge in [0.15, 0.2) is 11.5 Å². The highest BCUT2D eigenvalue weighted by molar-refractivity contribution is 6.00. The number of rotatable bonds is 4. The van der Waals surface area contributed by atoms with Gasteiger partial charge in [0, 0.05) is 49.7 Å². The van der Waals surface area contributed by atoms with Gasteiger partial charge >= 0.3 is 0 Å². The first-order valence-corrected chi connectivity index (χ1v) is 11.9. The Labute approximate surface area is 204 Å². The molecular formula is C26H28N8O. The van der Waals surface area contributed by atoms with Crippen LogP contribution >= 0.6 is 0 Å². The SMILES string of the molecule is Cc1cccc(C2=NCCN(c3cc(N4CCOCC4)c4nc(-c5cccnc5)n(C)c4n3)N2)c1. The monoisotopic (exact) mass is 468 g/mol. The van der Waals surface area contributed by atoms with Crippen LogP contribution in [0.5, 0.6) is 0 Å².